The van der Waals surface area contributed by atoms with Crippen molar-refractivity contribution in [3.8, 4) is 0 Å². The minimum atomic E-state index is -0.473. The standard InChI is InChI=1S/C14H20FN3O2/c1-2-17(13-4-5-13)8-7-16-10-11-9-12(15)3-6-14(11)18(19)20/h3,6,9,13,16H,2,4-5,7-8,10H2,1H3. The topological polar surface area (TPSA) is 58.4 Å². The summed E-state index contributed by atoms with van der Waals surface area (Å²) in [7, 11) is 0. The van der Waals surface area contributed by atoms with Crippen LogP contribution in [0.2, 0.25) is 0 Å². The molecule has 110 valence electrons. The van der Waals surface area contributed by atoms with Crippen LogP contribution in [0.4, 0.5) is 10.1 Å². The van der Waals surface area contributed by atoms with Gasteiger partial charge in [0.15, 0.2) is 0 Å². The molecule has 1 saturated carbocycles. The van der Waals surface area contributed by atoms with Gasteiger partial charge in [-0.2, -0.15) is 0 Å². The Hall–Kier alpha value is -1.53. The van der Waals surface area contributed by atoms with Crippen molar-refractivity contribution in [1.29, 1.82) is 0 Å². The molecule has 0 spiro atoms. The second-order valence-corrected chi connectivity index (χ2v) is 5.07. The number of nitrogens with zero attached hydrogens (tertiary/aromatic N) is 2. The third-order valence-electron chi connectivity index (χ3n) is 3.60. The van der Waals surface area contributed by atoms with E-state index in [1.807, 2.05) is 0 Å². The average Bonchev–Trinajstić information content (AvgIpc) is 3.23. The molecule has 0 saturated heterocycles. The Labute approximate surface area is 117 Å². The summed E-state index contributed by atoms with van der Waals surface area (Å²) in [4.78, 5) is 12.8. The molecule has 0 unspecified atom stereocenters. The number of benzene rings is 1. The molecule has 1 aromatic carbocycles. The van der Waals surface area contributed by atoms with E-state index >= 15 is 0 Å². The number of halogens is 1. The lowest BCUT2D eigenvalue weighted by atomic mass is 10.1. The van der Waals surface area contributed by atoms with E-state index in [4.69, 9.17) is 0 Å². The van der Waals surface area contributed by atoms with E-state index in [0.717, 1.165) is 25.7 Å². The molecule has 0 amide bonds. The van der Waals surface area contributed by atoms with Crippen LogP contribution in [0.3, 0.4) is 0 Å². The first-order valence-electron chi connectivity index (χ1n) is 6.99. The summed E-state index contributed by atoms with van der Waals surface area (Å²) in [5.74, 6) is -0.444. The van der Waals surface area contributed by atoms with Crippen molar-refractivity contribution < 1.29 is 9.31 Å². The largest absolute Gasteiger partial charge is 0.311 e. The van der Waals surface area contributed by atoms with E-state index in [9.17, 15) is 14.5 Å². The Morgan fingerprint density at radius 3 is 2.85 bits per heavy atom. The van der Waals surface area contributed by atoms with Gasteiger partial charge in [-0.15, -0.1) is 0 Å². The van der Waals surface area contributed by atoms with Gasteiger partial charge < -0.3 is 5.32 Å². The molecule has 0 heterocycles. The molecule has 1 N–H and O–H groups in total. The predicted octanol–water partition coefficient (Wildman–Crippen LogP) is 2.31. The Morgan fingerprint density at radius 2 is 2.25 bits per heavy atom. The van der Waals surface area contributed by atoms with E-state index in [1.165, 1.54) is 25.0 Å². The molecule has 1 fully saturated rings. The van der Waals surface area contributed by atoms with Crippen LogP contribution in [-0.4, -0.2) is 35.5 Å². The Morgan fingerprint density at radius 1 is 1.50 bits per heavy atom. The second-order valence-electron chi connectivity index (χ2n) is 5.07. The van der Waals surface area contributed by atoms with Crippen molar-refractivity contribution in [1.82, 2.24) is 10.2 Å². The third-order valence-corrected chi connectivity index (χ3v) is 3.60. The maximum atomic E-state index is 13.2. The van der Waals surface area contributed by atoms with Crippen LogP contribution < -0.4 is 5.32 Å². The molecule has 0 bridgehead atoms. The van der Waals surface area contributed by atoms with Crippen LogP contribution in [0.15, 0.2) is 18.2 Å². The number of nitro groups is 1. The van der Waals surface area contributed by atoms with E-state index in [2.05, 4.69) is 17.1 Å². The van der Waals surface area contributed by atoms with E-state index in [-0.39, 0.29) is 5.69 Å². The summed E-state index contributed by atoms with van der Waals surface area (Å²) in [6.45, 7) is 5.14. The molecule has 0 radical (unpaired) electrons. The van der Waals surface area contributed by atoms with Crippen LogP contribution >= 0.6 is 0 Å². The number of hydrogen-bond donors (Lipinski definition) is 1. The Bertz CT molecular complexity index is 477. The fraction of sp³-hybridized carbons (Fsp3) is 0.571. The molecule has 0 aliphatic heterocycles. The van der Waals surface area contributed by atoms with E-state index in [1.54, 1.807) is 0 Å². The highest BCUT2D eigenvalue weighted by Gasteiger charge is 2.27. The summed E-state index contributed by atoms with van der Waals surface area (Å²) in [5, 5.41) is 14.0. The fourth-order valence-corrected chi connectivity index (χ4v) is 2.36. The molecule has 1 aliphatic rings. The highest BCUT2D eigenvalue weighted by molar-refractivity contribution is 5.40. The minimum absolute atomic E-state index is 0.0339. The summed E-state index contributed by atoms with van der Waals surface area (Å²) in [6.07, 6.45) is 2.53. The van der Waals surface area contributed by atoms with Gasteiger partial charge in [-0.3, -0.25) is 15.0 Å². The van der Waals surface area contributed by atoms with Gasteiger partial charge in [-0.25, -0.2) is 4.39 Å². The van der Waals surface area contributed by atoms with Crippen LogP contribution in [-0.2, 0) is 6.54 Å². The molecule has 6 heteroatoms. The van der Waals surface area contributed by atoms with Crippen molar-refractivity contribution in [2.75, 3.05) is 19.6 Å². The molecule has 5 nitrogen and oxygen atoms in total. The SMILES string of the molecule is CCN(CCNCc1cc(F)ccc1[N+](=O)[O-])C1CC1. The third kappa shape index (κ3) is 3.98. The van der Waals surface area contributed by atoms with Gasteiger partial charge in [0.1, 0.15) is 5.82 Å². The first kappa shape index (κ1) is 14.9. The average molecular weight is 281 g/mol. The molecule has 0 aromatic heterocycles. The van der Waals surface area contributed by atoms with Gasteiger partial charge in [-0.05, 0) is 31.5 Å². The first-order chi connectivity index (χ1) is 9.61. The predicted molar refractivity (Wildman–Crippen MR) is 75.0 cm³/mol. The van der Waals surface area contributed by atoms with Gasteiger partial charge in [0, 0.05) is 37.3 Å². The molecule has 1 aromatic rings. The molecular weight excluding hydrogens is 261 g/mol. The summed E-state index contributed by atoms with van der Waals surface area (Å²) in [5.41, 5.74) is 0.359. The molecule has 20 heavy (non-hydrogen) atoms. The molecular formula is C14H20FN3O2. The number of rotatable bonds is 8. The van der Waals surface area contributed by atoms with Crippen LogP contribution in [0, 0.1) is 15.9 Å². The molecule has 1 aliphatic carbocycles. The molecule has 2 rings (SSSR count). The maximum Gasteiger partial charge on any atom is 0.274 e. The lowest BCUT2D eigenvalue weighted by Crippen LogP contribution is -2.33. The van der Waals surface area contributed by atoms with Gasteiger partial charge >= 0.3 is 0 Å². The zero-order chi connectivity index (χ0) is 14.5. The second kappa shape index (κ2) is 6.76. The van der Waals surface area contributed by atoms with Gasteiger partial charge in [0.05, 0.1) is 4.92 Å². The van der Waals surface area contributed by atoms with Crippen LogP contribution in [0.25, 0.3) is 0 Å². The van der Waals surface area contributed by atoms with Crippen molar-refractivity contribution in [2.45, 2.75) is 32.4 Å². The monoisotopic (exact) mass is 281 g/mol. The van der Waals surface area contributed by atoms with Crippen LogP contribution in [0.5, 0.6) is 0 Å². The summed E-state index contributed by atoms with van der Waals surface area (Å²) < 4.78 is 13.2. The van der Waals surface area contributed by atoms with Gasteiger partial charge in [0.2, 0.25) is 0 Å². The van der Waals surface area contributed by atoms with E-state index in [0.29, 0.717) is 18.2 Å². The number of likely N-dealkylation sites (N-methyl/N-ethyl adjacent to an activating group) is 1. The normalized spacial score (nSPS) is 14.8. The highest BCUT2D eigenvalue weighted by Crippen LogP contribution is 2.25. The Balaban J connectivity index is 1.84. The summed E-state index contributed by atoms with van der Waals surface area (Å²) in [6, 6.07) is 4.27. The number of hydrogen-bond acceptors (Lipinski definition) is 4. The van der Waals surface area contributed by atoms with Crippen molar-refractivity contribution in [3.05, 3.63) is 39.7 Å². The Kier molecular flexibility index (Phi) is 5.03. The van der Waals surface area contributed by atoms with Crippen molar-refractivity contribution in [2.24, 2.45) is 0 Å². The van der Waals surface area contributed by atoms with Gasteiger partial charge in [-0.1, -0.05) is 6.92 Å². The van der Waals surface area contributed by atoms with Crippen molar-refractivity contribution >= 4 is 5.69 Å². The smallest absolute Gasteiger partial charge is 0.274 e. The number of nitrogens with one attached hydrogen (secondary N) is 1. The summed E-state index contributed by atoms with van der Waals surface area (Å²) >= 11 is 0. The fourth-order valence-electron chi connectivity index (χ4n) is 2.36. The maximum absolute atomic E-state index is 13.2. The lowest BCUT2D eigenvalue weighted by molar-refractivity contribution is -0.385. The lowest BCUT2D eigenvalue weighted by Gasteiger charge is -2.19. The quantitative estimate of drug-likeness (QED) is 0.451. The van der Waals surface area contributed by atoms with Gasteiger partial charge in [0.25, 0.3) is 5.69 Å². The zero-order valence-electron chi connectivity index (χ0n) is 11.6. The highest BCUT2D eigenvalue weighted by atomic mass is 19.1. The van der Waals surface area contributed by atoms with Crippen molar-refractivity contribution in [3.63, 3.8) is 0 Å². The zero-order valence-corrected chi connectivity index (χ0v) is 11.6. The number of nitro benzene ring substituents is 1. The minimum Gasteiger partial charge on any atom is -0.311 e. The first-order valence-corrected chi connectivity index (χ1v) is 6.99. The van der Waals surface area contributed by atoms with Crippen LogP contribution in [0.1, 0.15) is 25.3 Å². The van der Waals surface area contributed by atoms with E-state index < -0.39 is 10.7 Å². The molecule has 0 atom stereocenters.